The zero-order valence-electron chi connectivity index (χ0n) is 22.8. The number of carboxylic acids is 1. The standard InChI is InChI=1S/C30H29FN6O5/c31-23-13-19(15-32)1-4-26(23)41-18-27-33-9-5-29(35-27)42-21-6-10-36(11-7-21)17-28-34-24-3-2-20(30(38)39)14-25(24)37(28)16-22-8-12-40-22/h1-5,9,13-14,21-22H,6-8,10-12,16-18H2,(H,38,39)/t22-/m0/s1. The van der Waals surface area contributed by atoms with E-state index in [1.807, 2.05) is 6.07 Å². The van der Waals surface area contributed by atoms with Crippen LogP contribution in [0.25, 0.3) is 11.0 Å². The third-order valence-corrected chi connectivity index (χ3v) is 7.54. The van der Waals surface area contributed by atoms with Gasteiger partial charge in [0.25, 0.3) is 0 Å². The van der Waals surface area contributed by atoms with Crippen molar-refractivity contribution in [2.24, 2.45) is 0 Å². The van der Waals surface area contributed by atoms with Gasteiger partial charge >= 0.3 is 5.97 Å². The van der Waals surface area contributed by atoms with Gasteiger partial charge in [-0.05, 0) is 55.7 Å². The summed E-state index contributed by atoms with van der Waals surface area (Å²) < 4.78 is 33.5. The molecule has 2 aromatic heterocycles. The Kier molecular flexibility index (Phi) is 7.94. The fourth-order valence-electron chi connectivity index (χ4n) is 5.16. The minimum atomic E-state index is -0.961. The summed E-state index contributed by atoms with van der Waals surface area (Å²) in [7, 11) is 0. The van der Waals surface area contributed by atoms with Gasteiger partial charge in [0.2, 0.25) is 5.88 Å². The van der Waals surface area contributed by atoms with Gasteiger partial charge in [-0.1, -0.05) is 0 Å². The van der Waals surface area contributed by atoms with E-state index in [4.69, 9.17) is 24.5 Å². The maximum absolute atomic E-state index is 14.1. The maximum Gasteiger partial charge on any atom is 0.335 e. The summed E-state index contributed by atoms with van der Waals surface area (Å²) >= 11 is 0. The first-order valence-electron chi connectivity index (χ1n) is 13.8. The van der Waals surface area contributed by atoms with Gasteiger partial charge in [-0.2, -0.15) is 10.2 Å². The molecule has 0 saturated carbocycles. The first-order valence-corrected chi connectivity index (χ1v) is 13.8. The van der Waals surface area contributed by atoms with Gasteiger partial charge in [0, 0.05) is 32.0 Å². The van der Waals surface area contributed by atoms with Crippen LogP contribution in [0.5, 0.6) is 11.6 Å². The number of ether oxygens (including phenoxy) is 3. The number of aromatic carboxylic acids is 1. The normalized spacial score (nSPS) is 17.5. The summed E-state index contributed by atoms with van der Waals surface area (Å²) in [5, 5.41) is 18.4. The Morgan fingerprint density at radius 1 is 1.14 bits per heavy atom. The predicted octanol–water partition coefficient (Wildman–Crippen LogP) is 3.95. The topological polar surface area (TPSA) is 136 Å². The second-order valence-electron chi connectivity index (χ2n) is 10.4. The van der Waals surface area contributed by atoms with Crippen LogP contribution in [0.3, 0.4) is 0 Å². The SMILES string of the molecule is N#Cc1ccc(OCc2nccc(OC3CCN(Cc4nc5ccc(C(=O)O)cc5n4C[C@@H]4CCO4)CC3)n2)c(F)c1. The fraction of sp³-hybridized carbons (Fsp3) is 0.367. The van der Waals surface area contributed by atoms with Crippen LogP contribution >= 0.6 is 0 Å². The maximum atomic E-state index is 14.1. The van der Waals surface area contributed by atoms with Crippen LogP contribution in [0.15, 0.2) is 48.7 Å². The van der Waals surface area contributed by atoms with Gasteiger partial charge in [0.05, 0.1) is 47.4 Å². The van der Waals surface area contributed by atoms with E-state index in [2.05, 4.69) is 19.4 Å². The summed E-state index contributed by atoms with van der Waals surface area (Å²) in [6, 6.07) is 12.6. The first-order chi connectivity index (χ1) is 20.4. The molecule has 2 aromatic carbocycles. The summed E-state index contributed by atoms with van der Waals surface area (Å²) in [4.78, 5) is 27.3. The van der Waals surface area contributed by atoms with Gasteiger partial charge < -0.3 is 23.9 Å². The molecule has 12 heteroatoms. The Morgan fingerprint density at radius 3 is 2.69 bits per heavy atom. The third-order valence-electron chi connectivity index (χ3n) is 7.54. The summed E-state index contributed by atoms with van der Waals surface area (Å²) in [6.45, 7) is 3.58. The van der Waals surface area contributed by atoms with E-state index >= 15 is 0 Å². The molecule has 2 fully saturated rings. The molecule has 0 unspecified atom stereocenters. The van der Waals surface area contributed by atoms with Crippen LogP contribution in [0.2, 0.25) is 0 Å². The van der Waals surface area contributed by atoms with E-state index in [0.29, 0.717) is 24.8 Å². The van der Waals surface area contributed by atoms with Crippen molar-refractivity contribution < 1.29 is 28.5 Å². The van der Waals surface area contributed by atoms with Crippen LogP contribution in [0, 0.1) is 17.1 Å². The van der Waals surface area contributed by atoms with Crippen LogP contribution in [-0.2, 0) is 24.4 Å². The Labute approximate surface area is 241 Å². The summed E-state index contributed by atoms with van der Waals surface area (Å²) in [5.74, 6) is 0.115. The number of aromatic nitrogens is 4. The average molecular weight is 573 g/mol. The molecule has 11 nitrogen and oxygen atoms in total. The van der Waals surface area contributed by atoms with E-state index in [0.717, 1.165) is 61.9 Å². The van der Waals surface area contributed by atoms with Gasteiger partial charge in [-0.15, -0.1) is 0 Å². The van der Waals surface area contributed by atoms with Crippen molar-refractivity contribution in [3.05, 3.63) is 77.3 Å². The Balaban J connectivity index is 1.06. The molecule has 42 heavy (non-hydrogen) atoms. The molecule has 2 aliphatic heterocycles. The molecule has 0 spiro atoms. The van der Waals surface area contributed by atoms with Crippen molar-refractivity contribution >= 4 is 17.0 Å². The average Bonchev–Trinajstić information content (AvgIpc) is 3.31. The smallest absolute Gasteiger partial charge is 0.335 e. The van der Waals surface area contributed by atoms with Crippen molar-refractivity contribution in [3.63, 3.8) is 0 Å². The third kappa shape index (κ3) is 6.17. The number of fused-ring (bicyclic) bond motifs is 1. The van der Waals surface area contributed by atoms with Crippen molar-refractivity contribution in [2.45, 2.75) is 51.2 Å². The second-order valence-corrected chi connectivity index (χ2v) is 10.4. The largest absolute Gasteiger partial charge is 0.483 e. The van der Waals surface area contributed by atoms with Crippen molar-refractivity contribution in [1.82, 2.24) is 24.4 Å². The summed E-state index contributed by atoms with van der Waals surface area (Å²) in [5.41, 5.74) is 2.04. The van der Waals surface area contributed by atoms with Crippen LogP contribution in [0.1, 0.15) is 46.8 Å². The van der Waals surface area contributed by atoms with Crippen molar-refractivity contribution in [3.8, 4) is 17.7 Å². The molecule has 2 saturated heterocycles. The highest BCUT2D eigenvalue weighted by atomic mass is 19.1. The lowest BCUT2D eigenvalue weighted by Gasteiger charge is -2.32. The first kappa shape index (κ1) is 27.6. The molecule has 6 rings (SSSR count). The number of benzene rings is 2. The predicted molar refractivity (Wildman–Crippen MR) is 147 cm³/mol. The van der Waals surface area contributed by atoms with E-state index in [9.17, 15) is 14.3 Å². The lowest BCUT2D eigenvalue weighted by Crippen LogP contribution is -2.39. The number of nitriles is 1. The second kappa shape index (κ2) is 12.1. The number of halogens is 1. The molecular weight excluding hydrogens is 543 g/mol. The number of carbonyl (C=O) groups is 1. The van der Waals surface area contributed by atoms with Crippen molar-refractivity contribution in [2.75, 3.05) is 19.7 Å². The van der Waals surface area contributed by atoms with E-state index in [1.165, 1.54) is 12.1 Å². The number of likely N-dealkylation sites (tertiary alicyclic amines) is 1. The molecule has 1 N–H and O–H groups in total. The number of imidazole rings is 1. The summed E-state index contributed by atoms with van der Waals surface area (Å²) in [6.07, 6.45) is 4.23. The van der Waals surface area contributed by atoms with E-state index in [1.54, 1.807) is 30.5 Å². The number of nitrogens with zero attached hydrogens (tertiary/aromatic N) is 6. The zero-order chi connectivity index (χ0) is 29.1. The molecule has 216 valence electrons. The van der Waals surface area contributed by atoms with Gasteiger partial charge in [-0.3, -0.25) is 4.90 Å². The molecule has 0 radical (unpaired) electrons. The highest BCUT2D eigenvalue weighted by Crippen LogP contribution is 2.25. The number of carboxylic acid groups (broad SMARTS) is 1. The van der Waals surface area contributed by atoms with E-state index < -0.39 is 11.8 Å². The Morgan fingerprint density at radius 2 is 1.98 bits per heavy atom. The monoisotopic (exact) mass is 572 g/mol. The fourth-order valence-corrected chi connectivity index (χ4v) is 5.16. The molecule has 4 aromatic rings. The molecule has 0 aliphatic carbocycles. The number of rotatable bonds is 10. The number of hydrogen-bond acceptors (Lipinski definition) is 9. The molecule has 0 bridgehead atoms. The Bertz CT molecular complexity index is 1640. The quantitative estimate of drug-likeness (QED) is 0.298. The minimum absolute atomic E-state index is 0.0207. The van der Waals surface area contributed by atoms with Gasteiger partial charge in [0.15, 0.2) is 17.4 Å². The molecular formula is C30H29FN6O5. The number of piperidine rings is 1. The molecule has 1 atom stereocenters. The molecule has 4 heterocycles. The molecule has 2 aliphatic rings. The van der Waals surface area contributed by atoms with Crippen LogP contribution in [-0.4, -0.2) is 67.4 Å². The van der Waals surface area contributed by atoms with E-state index in [-0.39, 0.29) is 35.7 Å². The zero-order valence-corrected chi connectivity index (χ0v) is 22.8. The van der Waals surface area contributed by atoms with Gasteiger partial charge in [0.1, 0.15) is 18.5 Å². The number of hydrogen-bond donors (Lipinski definition) is 1. The minimum Gasteiger partial charge on any atom is -0.483 e. The van der Waals surface area contributed by atoms with Crippen LogP contribution in [0.4, 0.5) is 4.39 Å². The van der Waals surface area contributed by atoms with Gasteiger partial charge in [-0.25, -0.2) is 19.2 Å². The highest BCUT2D eigenvalue weighted by Gasteiger charge is 2.26. The lowest BCUT2D eigenvalue weighted by molar-refractivity contribution is -0.0592. The van der Waals surface area contributed by atoms with Crippen molar-refractivity contribution in [1.29, 1.82) is 5.26 Å². The Hall–Kier alpha value is -4.60. The lowest BCUT2D eigenvalue weighted by atomic mass is 10.1. The molecule has 0 amide bonds. The highest BCUT2D eigenvalue weighted by molar-refractivity contribution is 5.92. The van der Waals surface area contributed by atoms with Crippen LogP contribution < -0.4 is 9.47 Å².